The van der Waals surface area contributed by atoms with Crippen molar-refractivity contribution in [3.05, 3.63) is 52.6 Å². The second kappa shape index (κ2) is 5.92. The molecule has 1 heterocycles. The maximum atomic E-state index is 13.6. The first-order valence-electron chi connectivity index (χ1n) is 5.86. The number of nitrogens with zero attached hydrogens (tertiary/aromatic N) is 2. The molecule has 1 aromatic heterocycles. The van der Waals surface area contributed by atoms with Crippen molar-refractivity contribution in [2.24, 2.45) is 7.05 Å². The molecule has 21 heavy (non-hydrogen) atoms. The Kier molecular flexibility index (Phi) is 4.23. The van der Waals surface area contributed by atoms with Crippen LogP contribution in [-0.4, -0.2) is 26.8 Å². The molecule has 0 aliphatic rings. The van der Waals surface area contributed by atoms with E-state index >= 15 is 0 Å². The first-order valence-corrected chi connectivity index (χ1v) is 6.24. The molecule has 8 heteroatoms. The largest absolute Gasteiger partial charge is 0.479 e. The van der Waals surface area contributed by atoms with E-state index in [2.05, 4.69) is 10.4 Å². The van der Waals surface area contributed by atoms with Crippen LogP contribution >= 0.6 is 11.6 Å². The zero-order valence-corrected chi connectivity index (χ0v) is 11.6. The van der Waals surface area contributed by atoms with Gasteiger partial charge in [0.05, 0.1) is 16.8 Å². The van der Waals surface area contributed by atoms with Gasteiger partial charge in [-0.05, 0) is 12.1 Å². The average Bonchev–Trinajstić information content (AvgIpc) is 2.81. The Hall–Kier alpha value is -2.41. The number of carboxylic acids is 1. The molecular weight excluding hydrogens is 301 g/mol. The topological polar surface area (TPSA) is 84.2 Å². The van der Waals surface area contributed by atoms with Crippen molar-refractivity contribution in [2.45, 2.75) is 6.04 Å². The molecule has 0 saturated carbocycles. The lowest BCUT2D eigenvalue weighted by atomic mass is 10.1. The van der Waals surface area contributed by atoms with Crippen molar-refractivity contribution in [3.8, 4) is 0 Å². The van der Waals surface area contributed by atoms with Gasteiger partial charge in [-0.1, -0.05) is 17.7 Å². The maximum Gasteiger partial charge on any atom is 0.331 e. The van der Waals surface area contributed by atoms with Crippen molar-refractivity contribution in [2.75, 3.05) is 0 Å². The predicted molar refractivity (Wildman–Crippen MR) is 72.5 cm³/mol. The van der Waals surface area contributed by atoms with Crippen LogP contribution in [0.4, 0.5) is 4.39 Å². The minimum absolute atomic E-state index is 0.0946. The van der Waals surface area contributed by atoms with Crippen LogP contribution in [0, 0.1) is 5.82 Å². The zero-order chi connectivity index (χ0) is 15.6. The van der Waals surface area contributed by atoms with Gasteiger partial charge in [-0.15, -0.1) is 0 Å². The monoisotopic (exact) mass is 311 g/mol. The van der Waals surface area contributed by atoms with Gasteiger partial charge in [-0.2, -0.15) is 5.10 Å². The van der Waals surface area contributed by atoms with E-state index in [0.717, 1.165) is 6.07 Å². The fourth-order valence-corrected chi connectivity index (χ4v) is 2.04. The number of amides is 1. The summed E-state index contributed by atoms with van der Waals surface area (Å²) in [4.78, 5) is 23.3. The fourth-order valence-electron chi connectivity index (χ4n) is 1.79. The molecule has 1 amide bonds. The number of nitrogens with one attached hydrogen (secondary N) is 1. The van der Waals surface area contributed by atoms with E-state index in [9.17, 15) is 19.1 Å². The molecule has 1 aromatic carbocycles. The highest BCUT2D eigenvalue weighted by molar-refractivity contribution is 6.33. The number of carbonyl (C=O) groups is 2. The predicted octanol–water partition coefficient (Wildman–Crippen LogP) is 1.77. The summed E-state index contributed by atoms with van der Waals surface area (Å²) in [6.07, 6.45) is 2.75. The van der Waals surface area contributed by atoms with Crippen molar-refractivity contribution >= 4 is 23.5 Å². The smallest absolute Gasteiger partial charge is 0.331 e. The first-order chi connectivity index (χ1) is 9.90. The summed E-state index contributed by atoms with van der Waals surface area (Å²) in [5, 5.41) is 15.2. The summed E-state index contributed by atoms with van der Waals surface area (Å²) in [6.45, 7) is 0. The molecule has 1 atom stereocenters. The summed E-state index contributed by atoms with van der Waals surface area (Å²) >= 11 is 5.77. The Balaban J connectivity index is 2.29. The van der Waals surface area contributed by atoms with E-state index < -0.39 is 29.3 Å². The lowest BCUT2D eigenvalue weighted by molar-refractivity contribution is -0.139. The van der Waals surface area contributed by atoms with Crippen LogP contribution in [0.3, 0.4) is 0 Å². The van der Waals surface area contributed by atoms with Gasteiger partial charge in [-0.25, -0.2) is 9.18 Å². The molecule has 0 saturated heterocycles. The number of benzene rings is 1. The van der Waals surface area contributed by atoms with E-state index in [4.69, 9.17) is 11.6 Å². The maximum absolute atomic E-state index is 13.6. The molecule has 0 aliphatic carbocycles. The number of aliphatic carboxylic acids is 1. The van der Waals surface area contributed by atoms with Crippen molar-refractivity contribution in [1.82, 2.24) is 15.1 Å². The van der Waals surface area contributed by atoms with Crippen molar-refractivity contribution in [1.29, 1.82) is 0 Å². The fraction of sp³-hybridized carbons (Fsp3) is 0.154. The van der Waals surface area contributed by atoms with Crippen LogP contribution in [-0.2, 0) is 11.8 Å². The molecule has 0 fully saturated rings. The van der Waals surface area contributed by atoms with E-state index in [-0.39, 0.29) is 10.6 Å². The summed E-state index contributed by atoms with van der Waals surface area (Å²) in [5.41, 5.74) is -0.125. The molecule has 1 unspecified atom stereocenters. The molecule has 110 valence electrons. The molecule has 0 bridgehead atoms. The molecule has 0 aliphatic heterocycles. The minimum Gasteiger partial charge on any atom is -0.479 e. The van der Waals surface area contributed by atoms with Crippen LogP contribution < -0.4 is 5.32 Å². The van der Waals surface area contributed by atoms with E-state index in [0.29, 0.717) is 0 Å². The second-order valence-corrected chi connectivity index (χ2v) is 4.70. The molecular formula is C13H11ClFN3O3. The molecule has 2 rings (SSSR count). The van der Waals surface area contributed by atoms with E-state index in [1.54, 1.807) is 7.05 Å². The quantitative estimate of drug-likeness (QED) is 0.901. The summed E-state index contributed by atoms with van der Waals surface area (Å²) in [5.74, 6) is -3.02. The third-order valence-electron chi connectivity index (χ3n) is 2.77. The third kappa shape index (κ3) is 3.19. The number of rotatable bonds is 4. The van der Waals surface area contributed by atoms with Crippen molar-refractivity contribution in [3.63, 3.8) is 0 Å². The summed E-state index contributed by atoms with van der Waals surface area (Å²) in [6, 6.07) is 2.42. The second-order valence-electron chi connectivity index (χ2n) is 4.29. The van der Waals surface area contributed by atoms with Crippen LogP contribution in [0.2, 0.25) is 5.02 Å². The number of hydrogen-bond acceptors (Lipinski definition) is 3. The van der Waals surface area contributed by atoms with Crippen LogP contribution in [0.25, 0.3) is 0 Å². The highest BCUT2D eigenvalue weighted by Gasteiger charge is 2.26. The number of aromatic nitrogens is 2. The van der Waals surface area contributed by atoms with Crippen LogP contribution in [0.1, 0.15) is 22.0 Å². The number of aryl methyl sites for hydroxylation is 1. The van der Waals surface area contributed by atoms with Gasteiger partial charge in [0.25, 0.3) is 5.91 Å². The Morgan fingerprint density at radius 3 is 2.71 bits per heavy atom. The SMILES string of the molecule is Cn1cc(C(NC(=O)c2c(F)cccc2Cl)C(=O)O)cn1. The molecule has 0 spiro atoms. The lowest BCUT2D eigenvalue weighted by Crippen LogP contribution is -2.34. The number of carbonyl (C=O) groups excluding carboxylic acids is 1. The molecule has 0 radical (unpaired) electrons. The summed E-state index contributed by atoms with van der Waals surface area (Å²) in [7, 11) is 1.61. The number of halogens is 2. The van der Waals surface area contributed by atoms with Crippen LogP contribution in [0.15, 0.2) is 30.6 Å². The first kappa shape index (κ1) is 15.0. The van der Waals surface area contributed by atoms with Gasteiger partial charge in [0.2, 0.25) is 0 Å². The number of carboxylic acid groups (broad SMARTS) is 1. The van der Waals surface area contributed by atoms with E-state index in [1.807, 2.05) is 0 Å². The molecule has 6 nitrogen and oxygen atoms in total. The number of hydrogen-bond donors (Lipinski definition) is 2. The Labute approximate surface area is 124 Å². The molecule has 2 aromatic rings. The third-order valence-corrected chi connectivity index (χ3v) is 3.09. The van der Waals surface area contributed by atoms with Crippen molar-refractivity contribution < 1.29 is 19.1 Å². The lowest BCUT2D eigenvalue weighted by Gasteiger charge is -2.14. The van der Waals surface area contributed by atoms with Gasteiger partial charge < -0.3 is 10.4 Å². The Morgan fingerprint density at radius 2 is 2.19 bits per heavy atom. The van der Waals surface area contributed by atoms with Gasteiger partial charge in [0.15, 0.2) is 6.04 Å². The standard InChI is InChI=1S/C13H11ClFN3O3/c1-18-6-7(5-16-18)11(13(20)21)17-12(19)10-8(14)3-2-4-9(10)15/h2-6,11H,1H3,(H,17,19)(H,20,21). The van der Waals surface area contributed by atoms with Gasteiger partial charge in [-0.3, -0.25) is 9.48 Å². The van der Waals surface area contributed by atoms with Crippen LogP contribution in [0.5, 0.6) is 0 Å². The zero-order valence-electron chi connectivity index (χ0n) is 10.9. The summed E-state index contributed by atoms with van der Waals surface area (Å²) < 4.78 is 15.0. The Morgan fingerprint density at radius 1 is 1.48 bits per heavy atom. The minimum atomic E-state index is -1.35. The highest BCUT2D eigenvalue weighted by atomic mass is 35.5. The average molecular weight is 312 g/mol. The van der Waals surface area contributed by atoms with Gasteiger partial charge in [0, 0.05) is 18.8 Å². The highest BCUT2D eigenvalue weighted by Crippen LogP contribution is 2.20. The van der Waals surface area contributed by atoms with Gasteiger partial charge in [0.1, 0.15) is 5.82 Å². The van der Waals surface area contributed by atoms with Gasteiger partial charge >= 0.3 is 5.97 Å². The Bertz CT molecular complexity index is 681. The molecule has 2 N–H and O–H groups in total. The van der Waals surface area contributed by atoms with E-state index in [1.165, 1.54) is 29.2 Å². The normalized spacial score (nSPS) is 12.0.